The number of nitriles is 1. The normalized spacial score (nSPS) is 11.2. The van der Waals surface area contributed by atoms with Gasteiger partial charge in [0, 0.05) is 17.5 Å². The number of fused-ring (bicyclic) bond motifs is 1. The Labute approximate surface area is 162 Å². The molecule has 0 saturated carbocycles. The van der Waals surface area contributed by atoms with Crippen molar-refractivity contribution in [3.05, 3.63) is 62.1 Å². The standard InChI is InChI=1S/C22H22N2O4/c1-11(2)10-24-21(26)16(9-23)13(4)18(22(24)27)19(25)20-14(5)15-8-12(3)6-7-17(15)28-20/h6-8,11,27H,10H2,1-5H3. The molecule has 3 rings (SSSR count). The summed E-state index contributed by atoms with van der Waals surface area (Å²) in [6.07, 6.45) is 0. The van der Waals surface area contributed by atoms with Crippen LogP contribution in [0, 0.1) is 38.0 Å². The van der Waals surface area contributed by atoms with E-state index in [2.05, 4.69) is 0 Å². The molecule has 0 aliphatic rings. The summed E-state index contributed by atoms with van der Waals surface area (Å²) in [4.78, 5) is 25.9. The Morgan fingerprint density at radius 3 is 2.54 bits per heavy atom. The Morgan fingerprint density at radius 1 is 1.25 bits per heavy atom. The zero-order chi connectivity index (χ0) is 20.7. The lowest BCUT2D eigenvalue weighted by Crippen LogP contribution is -2.28. The van der Waals surface area contributed by atoms with Crippen molar-refractivity contribution in [2.24, 2.45) is 5.92 Å². The summed E-state index contributed by atoms with van der Waals surface area (Å²) in [7, 11) is 0. The molecular weight excluding hydrogens is 356 g/mol. The molecule has 0 fully saturated rings. The minimum absolute atomic E-state index is 0.0386. The number of furan rings is 1. The third kappa shape index (κ3) is 2.99. The topological polar surface area (TPSA) is 96.2 Å². The number of carbonyl (C=O) groups is 1. The van der Waals surface area contributed by atoms with E-state index < -0.39 is 17.2 Å². The first kappa shape index (κ1) is 19.4. The van der Waals surface area contributed by atoms with Gasteiger partial charge in [-0.05, 0) is 44.4 Å². The van der Waals surface area contributed by atoms with Crippen molar-refractivity contribution in [2.75, 3.05) is 0 Å². The maximum absolute atomic E-state index is 13.3. The highest BCUT2D eigenvalue weighted by Crippen LogP contribution is 2.31. The van der Waals surface area contributed by atoms with Crippen LogP contribution in [0.15, 0.2) is 27.4 Å². The van der Waals surface area contributed by atoms with Crippen LogP contribution in [-0.2, 0) is 6.54 Å². The van der Waals surface area contributed by atoms with Gasteiger partial charge in [-0.25, -0.2) is 0 Å². The minimum atomic E-state index is -0.597. The highest BCUT2D eigenvalue weighted by atomic mass is 16.3. The second-order valence-corrected chi connectivity index (χ2v) is 7.50. The fourth-order valence-corrected chi connectivity index (χ4v) is 3.42. The molecule has 1 N–H and O–H groups in total. The van der Waals surface area contributed by atoms with Gasteiger partial charge >= 0.3 is 0 Å². The number of hydrogen-bond acceptors (Lipinski definition) is 5. The summed E-state index contributed by atoms with van der Waals surface area (Å²) < 4.78 is 6.86. The third-order valence-corrected chi connectivity index (χ3v) is 4.87. The molecule has 0 bridgehead atoms. The number of carbonyl (C=O) groups excluding carboxylic acids is 1. The van der Waals surface area contributed by atoms with Crippen LogP contribution in [0.25, 0.3) is 11.0 Å². The summed E-state index contributed by atoms with van der Waals surface area (Å²) in [5, 5.41) is 21.0. The van der Waals surface area contributed by atoms with Crippen LogP contribution in [0.3, 0.4) is 0 Å². The minimum Gasteiger partial charge on any atom is -0.494 e. The molecule has 1 aromatic carbocycles. The summed E-state index contributed by atoms with van der Waals surface area (Å²) in [5.41, 5.74) is 1.60. The quantitative estimate of drug-likeness (QED) is 0.693. The van der Waals surface area contributed by atoms with Gasteiger partial charge in [0.1, 0.15) is 17.2 Å². The van der Waals surface area contributed by atoms with Gasteiger partial charge in [0.2, 0.25) is 11.7 Å². The lowest BCUT2D eigenvalue weighted by atomic mass is 9.98. The fourth-order valence-electron chi connectivity index (χ4n) is 3.42. The predicted molar refractivity (Wildman–Crippen MR) is 106 cm³/mol. The molecule has 0 saturated heterocycles. The zero-order valence-corrected chi connectivity index (χ0v) is 16.6. The van der Waals surface area contributed by atoms with Crippen LogP contribution in [0.4, 0.5) is 0 Å². The molecule has 28 heavy (non-hydrogen) atoms. The van der Waals surface area contributed by atoms with Crippen molar-refractivity contribution < 1.29 is 14.3 Å². The molecule has 0 aliphatic carbocycles. The van der Waals surface area contributed by atoms with Gasteiger partial charge in [0.05, 0.1) is 5.56 Å². The van der Waals surface area contributed by atoms with Crippen molar-refractivity contribution in [3.8, 4) is 11.9 Å². The Balaban J connectivity index is 2.29. The number of benzene rings is 1. The van der Waals surface area contributed by atoms with Gasteiger partial charge in [0.25, 0.3) is 5.56 Å². The second kappa shape index (κ2) is 7.01. The highest BCUT2D eigenvalue weighted by molar-refractivity contribution is 6.12. The average Bonchev–Trinajstić information content (AvgIpc) is 2.95. The first-order valence-corrected chi connectivity index (χ1v) is 9.08. The van der Waals surface area contributed by atoms with Crippen LogP contribution < -0.4 is 5.56 Å². The molecule has 144 valence electrons. The number of nitrogens with zero attached hydrogens (tertiary/aromatic N) is 2. The third-order valence-electron chi connectivity index (χ3n) is 4.87. The number of pyridine rings is 1. The molecule has 0 atom stereocenters. The maximum atomic E-state index is 13.3. The highest BCUT2D eigenvalue weighted by Gasteiger charge is 2.28. The van der Waals surface area contributed by atoms with Gasteiger partial charge in [-0.1, -0.05) is 25.5 Å². The van der Waals surface area contributed by atoms with Gasteiger partial charge in [-0.2, -0.15) is 5.26 Å². The number of hydrogen-bond donors (Lipinski definition) is 1. The van der Waals surface area contributed by atoms with Crippen LogP contribution in [0.2, 0.25) is 0 Å². The molecule has 6 nitrogen and oxygen atoms in total. The lowest BCUT2D eigenvalue weighted by Gasteiger charge is -2.16. The van der Waals surface area contributed by atoms with E-state index >= 15 is 0 Å². The van der Waals surface area contributed by atoms with E-state index in [4.69, 9.17) is 4.42 Å². The van der Waals surface area contributed by atoms with Gasteiger partial charge in [-0.3, -0.25) is 14.2 Å². The summed E-state index contributed by atoms with van der Waals surface area (Å²) in [6.45, 7) is 9.17. The van der Waals surface area contributed by atoms with Crippen LogP contribution in [-0.4, -0.2) is 15.5 Å². The van der Waals surface area contributed by atoms with Crippen LogP contribution in [0.1, 0.15) is 52.2 Å². The molecule has 6 heteroatoms. The number of aromatic nitrogens is 1. The predicted octanol–water partition coefficient (Wildman–Crippen LogP) is 3.98. The molecule has 2 heterocycles. The van der Waals surface area contributed by atoms with Crippen LogP contribution in [0.5, 0.6) is 5.88 Å². The van der Waals surface area contributed by atoms with Crippen molar-refractivity contribution >= 4 is 16.8 Å². The van der Waals surface area contributed by atoms with E-state index in [0.717, 1.165) is 15.5 Å². The largest absolute Gasteiger partial charge is 0.494 e. The SMILES string of the molecule is Cc1ccc2oc(C(=O)c3c(C)c(C#N)c(=O)n(CC(C)C)c3O)c(C)c2c1. The molecule has 0 radical (unpaired) electrons. The smallest absolute Gasteiger partial charge is 0.271 e. The van der Waals surface area contributed by atoms with E-state index in [0.29, 0.717) is 11.1 Å². The zero-order valence-electron chi connectivity index (χ0n) is 16.6. The van der Waals surface area contributed by atoms with E-state index in [9.17, 15) is 20.0 Å². The molecule has 2 aromatic heterocycles. The Morgan fingerprint density at radius 2 is 1.93 bits per heavy atom. The number of aryl methyl sites for hydroxylation is 2. The summed E-state index contributed by atoms with van der Waals surface area (Å²) in [6, 6.07) is 7.48. The van der Waals surface area contributed by atoms with Crippen LogP contribution >= 0.6 is 0 Å². The van der Waals surface area contributed by atoms with E-state index in [1.807, 2.05) is 39.0 Å². The monoisotopic (exact) mass is 378 g/mol. The maximum Gasteiger partial charge on any atom is 0.271 e. The lowest BCUT2D eigenvalue weighted by molar-refractivity contribution is 0.100. The molecule has 0 spiro atoms. The summed E-state index contributed by atoms with van der Waals surface area (Å²) >= 11 is 0. The summed E-state index contributed by atoms with van der Waals surface area (Å²) in [5.74, 6) is -0.846. The number of ketones is 1. The van der Waals surface area contributed by atoms with Gasteiger partial charge < -0.3 is 9.52 Å². The van der Waals surface area contributed by atoms with Crippen molar-refractivity contribution in [2.45, 2.75) is 41.2 Å². The van der Waals surface area contributed by atoms with Crippen molar-refractivity contribution in [3.63, 3.8) is 0 Å². The number of aromatic hydroxyl groups is 1. The van der Waals surface area contributed by atoms with E-state index in [1.165, 1.54) is 6.92 Å². The Kier molecular flexibility index (Phi) is 4.86. The molecule has 0 aliphatic heterocycles. The first-order valence-electron chi connectivity index (χ1n) is 9.08. The van der Waals surface area contributed by atoms with E-state index in [-0.39, 0.29) is 34.9 Å². The molecule has 0 amide bonds. The van der Waals surface area contributed by atoms with Gasteiger partial charge in [-0.15, -0.1) is 0 Å². The first-order chi connectivity index (χ1) is 13.2. The van der Waals surface area contributed by atoms with Crippen molar-refractivity contribution in [1.82, 2.24) is 4.57 Å². The number of rotatable bonds is 4. The fraction of sp³-hybridized carbons (Fsp3) is 0.318. The average molecular weight is 378 g/mol. The van der Waals surface area contributed by atoms with E-state index in [1.54, 1.807) is 13.0 Å². The Hall–Kier alpha value is -3.33. The second-order valence-electron chi connectivity index (χ2n) is 7.50. The molecule has 0 unspecified atom stereocenters. The Bertz CT molecular complexity index is 1210. The molecule has 3 aromatic rings. The van der Waals surface area contributed by atoms with Gasteiger partial charge in [0.15, 0.2) is 5.76 Å². The molecular formula is C22H22N2O4. The van der Waals surface area contributed by atoms with Crippen molar-refractivity contribution in [1.29, 1.82) is 5.26 Å².